The molecule has 2 aliphatic rings. The van der Waals surface area contributed by atoms with Gasteiger partial charge >= 0.3 is 0 Å². The van der Waals surface area contributed by atoms with Crippen LogP contribution in [-0.4, -0.2) is 24.0 Å². The minimum Gasteiger partial charge on any atom is -0.317 e. The number of thiazole rings is 1. The highest BCUT2D eigenvalue weighted by Crippen LogP contribution is 2.31. The molecular weight excluding hydrogens is 318 g/mol. The Bertz CT molecular complexity index is 734. The van der Waals surface area contributed by atoms with E-state index in [1.165, 1.54) is 28.8 Å². The van der Waals surface area contributed by atoms with E-state index in [0.29, 0.717) is 12.3 Å². The summed E-state index contributed by atoms with van der Waals surface area (Å²) in [6, 6.07) is 6.47. The molecule has 4 nitrogen and oxygen atoms in total. The van der Waals surface area contributed by atoms with Crippen molar-refractivity contribution in [3.63, 3.8) is 0 Å². The zero-order valence-electron chi connectivity index (χ0n) is 13.8. The fourth-order valence-electron chi connectivity index (χ4n) is 3.72. The lowest BCUT2D eigenvalue weighted by Gasteiger charge is -2.20. The van der Waals surface area contributed by atoms with Crippen molar-refractivity contribution in [3.8, 4) is 0 Å². The number of aryl methyl sites for hydroxylation is 2. The number of fused-ring (bicyclic) bond motifs is 1. The van der Waals surface area contributed by atoms with Crippen LogP contribution in [0.4, 0.5) is 5.13 Å². The third kappa shape index (κ3) is 3.52. The number of nitrogens with one attached hydrogen (secondary N) is 2. The molecule has 2 heterocycles. The second kappa shape index (κ2) is 7.03. The first-order chi connectivity index (χ1) is 11.8. The van der Waals surface area contributed by atoms with Gasteiger partial charge in [-0.1, -0.05) is 18.2 Å². The molecule has 1 aromatic carbocycles. The zero-order chi connectivity index (χ0) is 16.4. The lowest BCUT2D eigenvalue weighted by Crippen LogP contribution is -2.26. The fourth-order valence-corrected chi connectivity index (χ4v) is 4.72. The Labute approximate surface area is 146 Å². The maximum absolute atomic E-state index is 12.3. The van der Waals surface area contributed by atoms with Crippen LogP contribution in [0.2, 0.25) is 0 Å². The molecule has 0 atom stereocenters. The van der Waals surface area contributed by atoms with E-state index in [4.69, 9.17) is 0 Å². The molecule has 0 saturated carbocycles. The standard InChI is InChI=1S/C19H23N3OS/c23-18(11-13-4-5-14-2-1-3-16(14)10-13)22-19-21-12-17(24-19)15-6-8-20-9-7-15/h4-5,10,12,15,20H,1-3,6-9,11H2,(H,21,22,23). The molecule has 24 heavy (non-hydrogen) atoms. The van der Waals surface area contributed by atoms with Crippen LogP contribution in [-0.2, 0) is 24.1 Å². The molecule has 126 valence electrons. The molecule has 0 radical (unpaired) electrons. The summed E-state index contributed by atoms with van der Waals surface area (Å²) in [6.07, 6.45) is 8.25. The molecule has 1 amide bonds. The average molecular weight is 341 g/mol. The van der Waals surface area contributed by atoms with Crippen molar-refractivity contribution in [2.45, 2.75) is 44.4 Å². The van der Waals surface area contributed by atoms with Gasteiger partial charge in [-0.05, 0) is 67.8 Å². The van der Waals surface area contributed by atoms with Crippen LogP contribution in [0.1, 0.15) is 46.7 Å². The molecule has 1 aliphatic heterocycles. The van der Waals surface area contributed by atoms with E-state index in [9.17, 15) is 4.79 Å². The predicted octanol–water partition coefficient (Wildman–Crippen LogP) is 3.28. The van der Waals surface area contributed by atoms with Crippen molar-refractivity contribution in [1.29, 1.82) is 0 Å². The van der Waals surface area contributed by atoms with Gasteiger partial charge in [-0.25, -0.2) is 4.98 Å². The molecule has 1 fully saturated rings. The Hall–Kier alpha value is -1.72. The summed E-state index contributed by atoms with van der Waals surface area (Å²) in [4.78, 5) is 18.0. The number of piperidine rings is 1. The van der Waals surface area contributed by atoms with Crippen molar-refractivity contribution in [1.82, 2.24) is 10.3 Å². The van der Waals surface area contributed by atoms with Gasteiger partial charge in [0.25, 0.3) is 0 Å². The maximum atomic E-state index is 12.3. The third-order valence-electron chi connectivity index (χ3n) is 5.04. The van der Waals surface area contributed by atoms with Gasteiger partial charge in [0, 0.05) is 11.1 Å². The highest BCUT2D eigenvalue weighted by Gasteiger charge is 2.18. The van der Waals surface area contributed by atoms with Crippen molar-refractivity contribution >= 4 is 22.4 Å². The molecule has 0 unspecified atom stereocenters. The van der Waals surface area contributed by atoms with Crippen LogP contribution in [0.3, 0.4) is 0 Å². The van der Waals surface area contributed by atoms with E-state index in [1.54, 1.807) is 11.3 Å². The monoisotopic (exact) mass is 341 g/mol. The highest BCUT2D eigenvalue weighted by molar-refractivity contribution is 7.15. The average Bonchev–Trinajstić information content (AvgIpc) is 3.24. The summed E-state index contributed by atoms with van der Waals surface area (Å²) >= 11 is 1.63. The van der Waals surface area contributed by atoms with Gasteiger partial charge in [0.05, 0.1) is 6.42 Å². The molecule has 1 aliphatic carbocycles. The number of rotatable bonds is 4. The molecule has 0 bridgehead atoms. The van der Waals surface area contributed by atoms with E-state index in [0.717, 1.165) is 43.0 Å². The van der Waals surface area contributed by atoms with Crippen molar-refractivity contribution in [2.75, 3.05) is 18.4 Å². The Balaban J connectivity index is 1.36. The first kappa shape index (κ1) is 15.8. The number of carbonyl (C=O) groups excluding carboxylic acids is 1. The quantitative estimate of drug-likeness (QED) is 0.897. The third-order valence-corrected chi connectivity index (χ3v) is 6.11. The number of amides is 1. The van der Waals surface area contributed by atoms with Gasteiger partial charge < -0.3 is 10.6 Å². The van der Waals surface area contributed by atoms with E-state index in [2.05, 4.69) is 33.8 Å². The van der Waals surface area contributed by atoms with E-state index in [-0.39, 0.29) is 5.91 Å². The molecule has 1 saturated heterocycles. The van der Waals surface area contributed by atoms with Gasteiger partial charge in [-0.2, -0.15) is 0 Å². The van der Waals surface area contributed by atoms with Crippen LogP contribution in [0.5, 0.6) is 0 Å². The van der Waals surface area contributed by atoms with Crippen LogP contribution in [0.25, 0.3) is 0 Å². The van der Waals surface area contributed by atoms with Gasteiger partial charge in [0.2, 0.25) is 5.91 Å². The van der Waals surface area contributed by atoms with Crippen LogP contribution in [0, 0.1) is 0 Å². The second-order valence-corrected chi connectivity index (χ2v) is 7.84. The second-order valence-electron chi connectivity index (χ2n) is 6.77. The Kier molecular flexibility index (Phi) is 4.63. The Morgan fingerprint density at radius 2 is 2.08 bits per heavy atom. The lowest BCUT2D eigenvalue weighted by atomic mass is 9.97. The normalized spacial score (nSPS) is 17.7. The molecule has 5 heteroatoms. The van der Waals surface area contributed by atoms with Gasteiger partial charge in [-0.3, -0.25) is 4.79 Å². The molecule has 0 spiro atoms. The van der Waals surface area contributed by atoms with E-state index >= 15 is 0 Å². The first-order valence-electron chi connectivity index (χ1n) is 8.85. The molecular formula is C19H23N3OS. The van der Waals surface area contributed by atoms with Crippen molar-refractivity contribution in [3.05, 3.63) is 46.0 Å². The SMILES string of the molecule is O=C(Cc1ccc2c(c1)CCC2)Nc1ncc(C2CCNCC2)s1. The summed E-state index contributed by atoms with van der Waals surface area (Å²) < 4.78 is 0. The summed E-state index contributed by atoms with van der Waals surface area (Å²) in [7, 11) is 0. The largest absolute Gasteiger partial charge is 0.317 e. The Morgan fingerprint density at radius 1 is 1.25 bits per heavy atom. The van der Waals surface area contributed by atoms with Gasteiger partial charge in [0.15, 0.2) is 5.13 Å². The van der Waals surface area contributed by atoms with Crippen molar-refractivity contribution < 1.29 is 4.79 Å². The van der Waals surface area contributed by atoms with Crippen LogP contribution >= 0.6 is 11.3 Å². The topological polar surface area (TPSA) is 54.0 Å². The minimum absolute atomic E-state index is 0.0270. The fraction of sp³-hybridized carbons (Fsp3) is 0.474. The number of nitrogens with zero attached hydrogens (tertiary/aromatic N) is 1. The highest BCUT2D eigenvalue weighted by atomic mass is 32.1. The number of aromatic nitrogens is 1. The molecule has 2 aromatic rings. The number of benzene rings is 1. The summed E-state index contributed by atoms with van der Waals surface area (Å²) in [5, 5.41) is 7.08. The molecule has 1 aromatic heterocycles. The first-order valence-corrected chi connectivity index (χ1v) is 9.66. The van der Waals surface area contributed by atoms with Gasteiger partial charge in [-0.15, -0.1) is 11.3 Å². The van der Waals surface area contributed by atoms with Gasteiger partial charge in [0.1, 0.15) is 0 Å². The van der Waals surface area contributed by atoms with Crippen LogP contribution in [0.15, 0.2) is 24.4 Å². The Morgan fingerprint density at radius 3 is 2.96 bits per heavy atom. The number of hydrogen-bond acceptors (Lipinski definition) is 4. The maximum Gasteiger partial charge on any atom is 0.230 e. The van der Waals surface area contributed by atoms with Crippen molar-refractivity contribution in [2.24, 2.45) is 0 Å². The minimum atomic E-state index is 0.0270. The number of carbonyl (C=O) groups is 1. The summed E-state index contributed by atoms with van der Waals surface area (Å²) in [5.74, 6) is 0.616. The zero-order valence-corrected chi connectivity index (χ0v) is 14.6. The predicted molar refractivity (Wildman–Crippen MR) is 97.8 cm³/mol. The number of hydrogen-bond donors (Lipinski definition) is 2. The van der Waals surface area contributed by atoms with E-state index in [1.807, 2.05) is 6.20 Å². The van der Waals surface area contributed by atoms with Crippen LogP contribution < -0.4 is 10.6 Å². The lowest BCUT2D eigenvalue weighted by molar-refractivity contribution is -0.115. The molecule has 2 N–H and O–H groups in total. The number of anilines is 1. The van der Waals surface area contributed by atoms with E-state index < -0.39 is 0 Å². The summed E-state index contributed by atoms with van der Waals surface area (Å²) in [5.41, 5.74) is 3.97. The summed E-state index contributed by atoms with van der Waals surface area (Å²) in [6.45, 7) is 2.14. The molecule has 4 rings (SSSR count). The smallest absolute Gasteiger partial charge is 0.230 e.